The first-order valence-electron chi connectivity index (χ1n) is 8.71. The van der Waals surface area contributed by atoms with Crippen LogP contribution in [-0.2, 0) is 4.79 Å². The number of halogens is 1. The van der Waals surface area contributed by atoms with Crippen LogP contribution in [0.5, 0.6) is 11.6 Å². The number of carbonyl (C=O) groups is 1. The highest BCUT2D eigenvalue weighted by Crippen LogP contribution is 2.22. The van der Waals surface area contributed by atoms with Gasteiger partial charge < -0.3 is 15.2 Å². The number of aromatic nitrogens is 2. The van der Waals surface area contributed by atoms with E-state index in [9.17, 15) is 14.7 Å². The van der Waals surface area contributed by atoms with Crippen molar-refractivity contribution in [3.63, 3.8) is 0 Å². The predicted molar refractivity (Wildman–Crippen MR) is 113 cm³/mol. The van der Waals surface area contributed by atoms with E-state index in [2.05, 4.69) is 10.3 Å². The van der Waals surface area contributed by atoms with Crippen LogP contribution in [0.2, 0.25) is 5.02 Å². The van der Waals surface area contributed by atoms with Crippen LogP contribution >= 0.6 is 23.4 Å². The van der Waals surface area contributed by atoms with Gasteiger partial charge in [0.15, 0.2) is 5.16 Å². The van der Waals surface area contributed by atoms with Crippen molar-refractivity contribution >= 4 is 35.0 Å². The molecule has 0 saturated carbocycles. The highest BCUT2D eigenvalue weighted by Gasteiger charge is 2.13. The molecule has 7 nitrogen and oxygen atoms in total. The van der Waals surface area contributed by atoms with Crippen LogP contribution in [0.1, 0.15) is 6.92 Å². The molecule has 0 aliphatic carbocycles. The molecule has 3 aromatic rings. The lowest BCUT2D eigenvalue weighted by atomic mass is 10.3. The molecule has 2 aromatic carbocycles. The Morgan fingerprint density at radius 2 is 1.90 bits per heavy atom. The lowest BCUT2D eigenvalue weighted by Crippen LogP contribution is -2.21. The number of ether oxygens (including phenoxy) is 1. The normalized spacial score (nSPS) is 10.6. The third-order valence-corrected chi connectivity index (χ3v) is 4.93. The SMILES string of the molecule is CCOc1ccc(NC(=O)CSc2nc(O)cc(=O)n2-c2ccc(Cl)cc2)cc1. The second-order valence-corrected chi connectivity index (χ2v) is 7.22. The number of anilines is 1. The van der Waals surface area contributed by atoms with Crippen LogP contribution in [0.3, 0.4) is 0 Å². The number of hydrogen-bond donors (Lipinski definition) is 2. The van der Waals surface area contributed by atoms with Gasteiger partial charge in [0.2, 0.25) is 11.8 Å². The van der Waals surface area contributed by atoms with E-state index in [0.29, 0.717) is 23.0 Å². The molecule has 0 fully saturated rings. The van der Waals surface area contributed by atoms with Crippen molar-refractivity contribution in [2.45, 2.75) is 12.1 Å². The molecule has 0 aliphatic heterocycles. The van der Waals surface area contributed by atoms with Gasteiger partial charge in [-0.25, -0.2) is 0 Å². The van der Waals surface area contributed by atoms with Crippen molar-refractivity contribution in [3.05, 3.63) is 70.0 Å². The number of nitrogens with zero attached hydrogens (tertiary/aromatic N) is 2. The number of hydrogen-bond acceptors (Lipinski definition) is 6. The summed E-state index contributed by atoms with van der Waals surface area (Å²) in [6.07, 6.45) is 0. The maximum Gasteiger partial charge on any atom is 0.262 e. The number of aromatic hydroxyl groups is 1. The Labute approximate surface area is 176 Å². The van der Waals surface area contributed by atoms with Crippen LogP contribution in [0.15, 0.2) is 64.5 Å². The number of rotatable bonds is 7. The Morgan fingerprint density at radius 3 is 2.55 bits per heavy atom. The Balaban J connectivity index is 1.73. The zero-order valence-electron chi connectivity index (χ0n) is 15.5. The number of nitrogens with one attached hydrogen (secondary N) is 1. The van der Waals surface area contributed by atoms with Gasteiger partial charge in [-0.3, -0.25) is 14.2 Å². The van der Waals surface area contributed by atoms with Crippen molar-refractivity contribution in [1.29, 1.82) is 0 Å². The lowest BCUT2D eigenvalue weighted by molar-refractivity contribution is -0.113. The molecule has 0 bridgehead atoms. The molecule has 9 heteroatoms. The molecule has 29 heavy (non-hydrogen) atoms. The van der Waals surface area contributed by atoms with Gasteiger partial charge in [-0.15, -0.1) is 0 Å². The summed E-state index contributed by atoms with van der Waals surface area (Å²) in [5.74, 6) is 0.0290. The molecular formula is C20H18ClN3O4S. The molecule has 0 aliphatic rings. The Kier molecular flexibility index (Phi) is 6.79. The lowest BCUT2D eigenvalue weighted by Gasteiger charge is -2.12. The van der Waals surface area contributed by atoms with Gasteiger partial charge in [0, 0.05) is 10.7 Å². The maximum atomic E-state index is 12.4. The van der Waals surface area contributed by atoms with Gasteiger partial charge in [-0.1, -0.05) is 23.4 Å². The topological polar surface area (TPSA) is 93.5 Å². The van der Waals surface area contributed by atoms with Crippen LogP contribution < -0.4 is 15.6 Å². The average Bonchev–Trinajstić information content (AvgIpc) is 2.69. The number of thioether (sulfide) groups is 1. The van der Waals surface area contributed by atoms with Crippen molar-refractivity contribution in [2.75, 3.05) is 17.7 Å². The fourth-order valence-electron chi connectivity index (χ4n) is 2.50. The summed E-state index contributed by atoms with van der Waals surface area (Å²) in [6, 6.07) is 14.6. The summed E-state index contributed by atoms with van der Waals surface area (Å²) >= 11 is 6.94. The molecular weight excluding hydrogens is 414 g/mol. The maximum absolute atomic E-state index is 12.4. The van der Waals surface area contributed by atoms with Crippen molar-refractivity contribution in [3.8, 4) is 17.3 Å². The van der Waals surface area contributed by atoms with Gasteiger partial charge in [-0.05, 0) is 55.5 Å². The summed E-state index contributed by atoms with van der Waals surface area (Å²) in [5.41, 5.74) is 0.688. The van der Waals surface area contributed by atoms with Crippen molar-refractivity contribution < 1.29 is 14.6 Å². The van der Waals surface area contributed by atoms with Gasteiger partial charge in [-0.2, -0.15) is 4.98 Å². The number of carbonyl (C=O) groups excluding carboxylic acids is 1. The van der Waals surface area contributed by atoms with Crippen molar-refractivity contribution in [1.82, 2.24) is 9.55 Å². The minimum Gasteiger partial charge on any atom is -0.494 e. The summed E-state index contributed by atoms with van der Waals surface area (Å²) in [4.78, 5) is 28.7. The smallest absolute Gasteiger partial charge is 0.262 e. The van der Waals surface area contributed by atoms with E-state index >= 15 is 0 Å². The first-order valence-corrected chi connectivity index (χ1v) is 10.1. The first-order chi connectivity index (χ1) is 14.0. The highest BCUT2D eigenvalue weighted by atomic mass is 35.5. The van der Waals surface area contributed by atoms with Gasteiger partial charge in [0.25, 0.3) is 5.56 Å². The molecule has 1 aromatic heterocycles. The van der Waals surface area contributed by atoms with E-state index in [1.807, 2.05) is 6.92 Å². The van der Waals surface area contributed by atoms with Gasteiger partial charge in [0.1, 0.15) is 5.75 Å². The van der Waals surface area contributed by atoms with Crippen LogP contribution in [-0.4, -0.2) is 32.9 Å². The second-order valence-electron chi connectivity index (χ2n) is 5.84. The molecule has 0 radical (unpaired) electrons. The number of benzene rings is 2. The van der Waals surface area contributed by atoms with E-state index in [-0.39, 0.29) is 16.8 Å². The zero-order valence-corrected chi connectivity index (χ0v) is 17.0. The zero-order chi connectivity index (χ0) is 20.8. The molecule has 3 rings (SSSR count). The monoisotopic (exact) mass is 431 g/mol. The van der Waals surface area contributed by atoms with E-state index in [0.717, 1.165) is 23.6 Å². The molecule has 1 amide bonds. The Bertz CT molecular complexity index is 1050. The minimum absolute atomic E-state index is 0.00328. The van der Waals surface area contributed by atoms with Crippen LogP contribution in [0, 0.1) is 0 Å². The van der Waals surface area contributed by atoms with E-state index in [1.54, 1.807) is 48.5 Å². The van der Waals surface area contributed by atoms with Gasteiger partial charge in [0.05, 0.1) is 24.1 Å². The molecule has 0 unspecified atom stereocenters. The van der Waals surface area contributed by atoms with E-state index in [4.69, 9.17) is 16.3 Å². The molecule has 2 N–H and O–H groups in total. The third kappa shape index (κ3) is 5.52. The molecule has 0 atom stereocenters. The quantitative estimate of drug-likeness (QED) is 0.437. The highest BCUT2D eigenvalue weighted by molar-refractivity contribution is 7.99. The average molecular weight is 432 g/mol. The molecule has 150 valence electrons. The standard InChI is InChI=1S/C20H18ClN3O4S/c1-2-28-16-9-5-14(6-10-16)22-18(26)12-29-20-23-17(25)11-19(27)24(20)15-7-3-13(21)4-8-15/h3-11,25H,2,12H2,1H3,(H,22,26). The summed E-state index contributed by atoms with van der Waals surface area (Å²) in [6.45, 7) is 2.46. The molecule has 0 spiro atoms. The predicted octanol–water partition coefficient (Wildman–Crippen LogP) is 3.72. The summed E-state index contributed by atoms with van der Waals surface area (Å²) < 4.78 is 6.68. The molecule has 0 saturated heterocycles. The first kappa shape index (κ1) is 20.8. The third-order valence-electron chi connectivity index (χ3n) is 3.74. The van der Waals surface area contributed by atoms with Crippen LogP contribution in [0.4, 0.5) is 5.69 Å². The summed E-state index contributed by atoms with van der Waals surface area (Å²) in [5, 5.41) is 13.2. The number of amides is 1. The minimum atomic E-state index is -0.464. The van der Waals surface area contributed by atoms with Crippen LogP contribution in [0.25, 0.3) is 5.69 Å². The van der Waals surface area contributed by atoms with Crippen molar-refractivity contribution in [2.24, 2.45) is 0 Å². The fraction of sp³-hybridized carbons (Fsp3) is 0.150. The fourth-order valence-corrected chi connectivity index (χ4v) is 3.44. The second kappa shape index (κ2) is 9.49. The van der Waals surface area contributed by atoms with Gasteiger partial charge >= 0.3 is 0 Å². The largest absolute Gasteiger partial charge is 0.494 e. The Morgan fingerprint density at radius 1 is 1.21 bits per heavy atom. The van der Waals surface area contributed by atoms with E-state index < -0.39 is 11.4 Å². The van der Waals surface area contributed by atoms with E-state index in [1.165, 1.54) is 4.57 Å². The Hall–Kier alpha value is -2.97. The molecule has 1 heterocycles. The summed E-state index contributed by atoms with van der Waals surface area (Å²) in [7, 11) is 0.